The normalized spacial score (nSPS) is 10.4. The number of amides is 1. The van der Waals surface area contributed by atoms with Gasteiger partial charge in [0, 0.05) is 18.1 Å². The highest BCUT2D eigenvalue weighted by atomic mass is 79.9. The number of ether oxygens (including phenoxy) is 1. The summed E-state index contributed by atoms with van der Waals surface area (Å²) in [7, 11) is 1.79. The fraction of sp³-hybridized carbons (Fsp3) is 0.278. The second-order valence-electron chi connectivity index (χ2n) is 5.40. The van der Waals surface area contributed by atoms with Gasteiger partial charge >= 0.3 is 0 Å². The maximum atomic E-state index is 12.2. The largest absolute Gasteiger partial charge is 0.483 e. The Morgan fingerprint density at radius 1 is 1.18 bits per heavy atom. The van der Waals surface area contributed by atoms with Gasteiger partial charge in [-0.15, -0.1) is 0 Å². The van der Waals surface area contributed by atoms with E-state index in [2.05, 4.69) is 15.9 Å². The van der Waals surface area contributed by atoms with Crippen molar-refractivity contribution < 1.29 is 9.53 Å². The van der Waals surface area contributed by atoms with Gasteiger partial charge in [0.15, 0.2) is 6.61 Å². The van der Waals surface area contributed by atoms with E-state index >= 15 is 0 Å². The molecule has 0 radical (unpaired) electrons. The van der Waals surface area contributed by atoms with Crippen LogP contribution in [0.15, 0.2) is 46.9 Å². The molecule has 3 nitrogen and oxygen atoms in total. The highest BCUT2D eigenvalue weighted by Crippen LogP contribution is 2.20. The third kappa shape index (κ3) is 4.34. The Balaban J connectivity index is 1.94. The van der Waals surface area contributed by atoms with Gasteiger partial charge in [-0.1, -0.05) is 46.3 Å². The van der Waals surface area contributed by atoms with E-state index in [0.29, 0.717) is 6.54 Å². The number of benzene rings is 2. The Hall–Kier alpha value is -1.81. The molecule has 0 fully saturated rings. The molecule has 0 heterocycles. The molecule has 2 aromatic carbocycles. The van der Waals surface area contributed by atoms with Gasteiger partial charge in [0.25, 0.3) is 5.91 Å². The quantitative estimate of drug-likeness (QED) is 0.801. The number of halogens is 1. The highest BCUT2D eigenvalue weighted by molar-refractivity contribution is 9.10. The average molecular weight is 362 g/mol. The molecule has 2 rings (SSSR count). The number of hydrogen-bond acceptors (Lipinski definition) is 2. The van der Waals surface area contributed by atoms with Crippen LogP contribution in [0.2, 0.25) is 0 Å². The van der Waals surface area contributed by atoms with Crippen molar-refractivity contribution in [2.75, 3.05) is 13.7 Å². The van der Waals surface area contributed by atoms with E-state index in [1.165, 1.54) is 0 Å². The van der Waals surface area contributed by atoms with Gasteiger partial charge in [-0.3, -0.25) is 4.79 Å². The van der Waals surface area contributed by atoms with E-state index < -0.39 is 0 Å². The van der Waals surface area contributed by atoms with Crippen molar-refractivity contribution in [1.82, 2.24) is 4.90 Å². The van der Waals surface area contributed by atoms with Crippen LogP contribution in [0.1, 0.15) is 16.7 Å². The lowest BCUT2D eigenvalue weighted by Crippen LogP contribution is -2.31. The summed E-state index contributed by atoms with van der Waals surface area (Å²) in [4.78, 5) is 13.9. The van der Waals surface area contributed by atoms with Crippen molar-refractivity contribution in [2.24, 2.45) is 0 Å². The molecule has 0 N–H and O–H groups in total. The lowest BCUT2D eigenvalue weighted by atomic mass is 10.1. The van der Waals surface area contributed by atoms with Crippen LogP contribution in [0, 0.1) is 13.8 Å². The molecule has 0 saturated heterocycles. The average Bonchev–Trinajstić information content (AvgIpc) is 2.50. The molecule has 0 aliphatic carbocycles. The number of aryl methyl sites for hydroxylation is 2. The Kier molecular flexibility index (Phi) is 5.61. The summed E-state index contributed by atoms with van der Waals surface area (Å²) in [6.45, 7) is 4.58. The standard InChI is InChI=1S/C18H20BrNO2/c1-13-8-9-14(2)17(10-13)22-12-18(21)20(3)11-15-6-4-5-7-16(15)19/h4-10H,11-12H2,1-3H3. The first-order valence-electron chi connectivity index (χ1n) is 7.15. The van der Waals surface area contributed by atoms with Crippen LogP contribution >= 0.6 is 15.9 Å². The molecule has 116 valence electrons. The molecular weight excluding hydrogens is 342 g/mol. The molecule has 1 amide bonds. The van der Waals surface area contributed by atoms with Crippen molar-refractivity contribution in [3.05, 3.63) is 63.6 Å². The lowest BCUT2D eigenvalue weighted by molar-refractivity contribution is -0.132. The first-order valence-corrected chi connectivity index (χ1v) is 7.94. The molecule has 0 atom stereocenters. The molecule has 0 aliphatic rings. The van der Waals surface area contributed by atoms with E-state index in [4.69, 9.17) is 4.74 Å². The van der Waals surface area contributed by atoms with E-state index in [-0.39, 0.29) is 12.5 Å². The summed E-state index contributed by atoms with van der Waals surface area (Å²) in [5.41, 5.74) is 3.23. The fourth-order valence-electron chi connectivity index (χ4n) is 2.08. The smallest absolute Gasteiger partial charge is 0.260 e. The number of rotatable bonds is 5. The summed E-state index contributed by atoms with van der Waals surface area (Å²) in [6, 6.07) is 13.9. The van der Waals surface area contributed by atoms with Gasteiger partial charge in [0.05, 0.1) is 0 Å². The molecular formula is C18H20BrNO2. The maximum Gasteiger partial charge on any atom is 0.260 e. The summed E-state index contributed by atoms with van der Waals surface area (Å²) in [6.07, 6.45) is 0. The van der Waals surface area contributed by atoms with Crippen LogP contribution in [0.4, 0.5) is 0 Å². The van der Waals surface area contributed by atoms with E-state index in [9.17, 15) is 4.79 Å². The van der Waals surface area contributed by atoms with Gasteiger partial charge < -0.3 is 9.64 Å². The van der Waals surface area contributed by atoms with Crippen LogP contribution in [-0.4, -0.2) is 24.5 Å². The number of likely N-dealkylation sites (N-methyl/N-ethyl adjacent to an activating group) is 1. The van der Waals surface area contributed by atoms with Gasteiger partial charge in [-0.25, -0.2) is 0 Å². The summed E-state index contributed by atoms with van der Waals surface area (Å²) in [5.74, 6) is 0.722. The Bertz CT molecular complexity index is 670. The van der Waals surface area contributed by atoms with Crippen molar-refractivity contribution in [3.8, 4) is 5.75 Å². The number of hydrogen-bond donors (Lipinski definition) is 0. The lowest BCUT2D eigenvalue weighted by Gasteiger charge is -2.19. The van der Waals surface area contributed by atoms with Crippen LogP contribution < -0.4 is 4.74 Å². The molecule has 0 aliphatic heterocycles. The third-order valence-corrected chi connectivity index (χ3v) is 4.26. The SMILES string of the molecule is Cc1ccc(C)c(OCC(=O)N(C)Cc2ccccc2Br)c1. The van der Waals surface area contributed by atoms with E-state index in [1.807, 2.05) is 56.3 Å². The molecule has 0 unspecified atom stereocenters. The van der Waals surface area contributed by atoms with Crippen molar-refractivity contribution in [1.29, 1.82) is 0 Å². The van der Waals surface area contributed by atoms with Crippen molar-refractivity contribution in [2.45, 2.75) is 20.4 Å². The topological polar surface area (TPSA) is 29.5 Å². The summed E-state index contributed by atoms with van der Waals surface area (Å²) in [5, 5.41) is 0. The number of carbonyl (C=O) groups is 1. The van der Waals surface area contributed by atoms with Crippen molar-refractivity contribution in [3.63, 3.8) is 0 Å². The first kappa shape index (κ1) is 16.6. The number of nitrogens with zero attached hydrogens (tertiary/aromatic N) is 1. The minimum atomic E-state index is -0.0448. The third-order valence-electron chi connectivity index (χ3n) is 3.49. The molecule has 22 heavy (non-hydrogen) atoms. The van der Waals surface area contributed by atoms with Crippen molar-refractivity contribution >= 4 is 21.8 Å². The highest BCUT2D eigenvalue weighted by Gasteiger charge is 2.12. The predicted octanol–water partition coefficient (Wildman–Crippen LogP) is 4.10. The molecule has 4 heteroatoms. The van der Waals surface area contributed by atoms with Gasteiger partial charge in [-0.2, -0.15) is 0 Å². The molecule has 2 aromatic rings. The first-order chi connectivity index (χ1) is 10.5. The number of carbonyl (C=O) groups excluding carboxylic acids is 1. The van der Waals surface area contributed by atoms with Gasteiger partial charge in [0.2, 0.25) is 0 Å². The fourth-order valence-corrected chi connectivity index (χ4v) is 2.49. The van der Waals surface area contributed by atoms with Crippen LogP contribution in [-0.2, 0) is 11.3 Å². The molecule has 0 aromatic heterocycles. The summed E-state index contributed by atoms with van der Waals surface area (Å²) < 4.78 is 6.67. The zero-order chi connectivity index (χ0) is 16.1. The maximum absolute atomic E-state index is 12.2. The minimum Gasteiger partial charge on any atom is -0.483 e. The van der Waals surface area contributed by atoms with Gasteiger partial charge in [-0.05, 0) is 42.7 Å². The van der Waals surface area contributed by atoms with E-state index in [1.54, 1.807) is 11.9 Å². The van der Waals surface area contributed by atoms with Crippen LogP contribution in [0.25, 0.3) is 0 Å². The molecule has 0 spiro atoms. The van der Waals surface area contributed by atoms with Crippen LogP contribution in [0.5, 0.6) is 5.75 Å². The van der Waals surface area contributed by atoms with Crippen LogP contribution in [0.3, 0.4) is 0 Å². The summed E-state index contributed by atoms with van der Waals surface area (Å²) >= 11 is 3.50. The molecule has 0 saturated carbocycles. The zero-order valence-corrected chi connectivity index (χ0v) is 14.7. The minimum absolute atomic E-state index is 0.0448. The van der Waals surface area contributed by atoms with E-state index in [0.717, 1.165) is 26.9 Å². The van der Waals surface area contributed by atoms with Gasteiger partial charge in [0.1, 0.15) is 5.75 Å². The second kappa shape index (κ2) is 7.45. The second-order valence-corrected chi connectivity index (χ2v) is 6.25. The molecule has 0 bridgehead atoms. The predicted molar refractivity (Wildman–Crippen MR) is 92.0 cm³/mol. The Morgan fingerprint density at radius 3 is 2.64 bits per heavy atom. The zero-order valence-electron chi connectivity index (χ0n) is 13.1. The Labute approximate surface area is 140 Å². The monoisotopic (exact) mass is 361 g/mol. The Morgan fingerprint density at radius 2 is 1.91 bits per heavy atom.